The van der Waals surface area contributed by atoms with Gasteiger partial charge in [-0.2, -0.15) is 0 Å². The van der Waals surface area contributed by atoms with E-state index in [9.17, 15) is 23.2 Å². The lowest BCUT2D eigenvalue weighted by atomic mass is 9.91. The monoisotopic (exact) mass is 379 g/mol. The number of amides is 4. The molecule has 1 N–H and O–H groups in total. The lowest BCUT2D eigenvalue weighted by Crippen LogP contribution is -2.46. The maximum Gasteiger partial charge on any atom is 0.325 e. The Morgan fingerprint density at radius 2 is 1.93 bits per heavy atom. The first kappa shape index (κ1) is 19.3. The van der Waals surface area contributed by atoms with Crippen LogP contribution < -0.4 is 5.32 Å². The highest BCUT2D eigenvalue weighted by Crippen LogP contribution is 2.31. The molecule has 1 saturated heterocycles. The van der Waals surface area contributed by atoms with Gasteiger partial charge in [0.2, 0.25) is 5.91 Å². The quantitative estimate of drug-likeness (QED) is 0.818. The van der Waals surface area contributed by atoms with Crippen LogP contribution in [0.15, 0.2) is 18.2 Å². The van der Waals surface area contributed by atoms with Crippen molar-refractivity contribution in [1.29, 1.82) is 0 Å². The number of carbonyl (C=O) groups is 3. The normalized spacial score (nSPS) is 23.5. The summed E-state index contributed by atoms with van der Waals surface area (Å²) in [5.41, 5.74) is -2.02. The summed E-state index contributed by atoms with van der Waals surface area (Å²) in [4.78, 5) is 40.1. The Labute approximate surface area is 156 Å². The van der Waals surface area contributed by atoms with Gasteiger partial charge in [-0.25, -0.2) is 13.6 Å². The zero-order chi connectivity index (χ0) is 19.8. The molecule has 1 heterocycles. The van der Waals surface area contributed by atoms with Crippen LogP contribution >= 0.6 is 0 Å². The Balaban J connectivity index is 1.77. The Kier molecular flexibility index (Phi) is 5.17. The van der Waals surface area contributed by atoms with Crippen molar-refractivity contribution in [1.82, 2.24) is 15.1 Å². The average molecular weight is 379 g/mol. The molecule has 8 heteroatoms. The number of benzene rings is 1. The minimum absolute atomic E-state index is 0.0964. The van der Waals surface area contributed by atoms with Gasteiger partial charge >= 0.3 is 6.03 Å². The van der Waals surface area contributed by atoms with Gasteiger partial charge in [0.25, 0.3) is 5.91 Å². The van der Waals surface area contributed by atoms with Gasteiger partial charge < -0.3 is 10.2 Å². The lowest BCUT2D eigenvalue weighted by Gasteiger charge is -2.32. The van der Waals surface area contributed by atoms with Crippen molar-refractivity contribution < 1.29 is 23.2 Å². The number of hydrogen-bond donors (Lipinski definition) is 1. The number of likely N-dealkylation sites (N-methyl/N-ethyl adjacent to an activating group) is 1. The van der Waals surface area contributed by atoms with Gasteiger partial charge in [0.15, 0.2) is 0 Å². The molecular weight excluding hydrogens is 356 g/mol. The SMILES string of the molecule is CN(C(=O)CN1C(=O)NC(C)(c2cc(F)ccc2F)C1=O)C1CCCCC1. The summed E-state index contributed by atoms with van der Waals surface area (Å²) in [7, 11) is 1.67. The fraction of sp³-hybridized carbons (Fsp3) is 0.526. The highest BCUT2D eigenvalue weighted by Gasteiger charge is 2.51. The molecule has 27 heavy (non-hydrogen) atoms. The molecule has 6 nitrogen and oxygen atoms in total. The van der Waals surface area contributed by atoms with Crippen molar-refractivity contribution in [2.75, 3.05) is 13.6 Å². The summed E-state index contributed by atoms with van der Waals surface area (Å²) < 4.78 is 27.7. The maximum atomic E-state index is 14.2. The van der Waals surface area contributed by atoms with Crippen LogP contribution in [-0.2, 0) is 15.1 Å². The standard InChI is InChI=1S/C19H23F2N3O3/c1-19(14-10-12(20)8-9-15(14)21)17(26)24(18(27)22-19)11-16(25)23(2)13-6-4-3-5-7-13/h8-10,13H,3-7,11H2,1-2H3,(H,22,27). The Morgan fingerprint density at radius 3 is 2.59 bits per heavy atom. The van der Waals surface area contributed by atoms with Crippen molar-refractivity contribution in [2.45, 2.75) is 50.6 Å². The van der Waals surface area contributed by atoms with E-state index in [1.54, 1.807) is 11.9 Å². The number of rotatable bonds is 4. The van der Waals surface area contributed by atoms with Crippen LogP contribution in [0.1, 0.15) is 44.6 Å². The van der Waals surface area contributed by atoms with Crippen LogP contribution in [-0.4, -0.2) is 47.3 Å². The van der Waals surface area contributed by atoms with Crippen LogP contribution in [0, 0.1) is 11.6 Å². The topological polar surface area (TPSA) is 69.7 Å². The number of halogens is 2. The molecule has 3 rings (SSSR count). The molecule has 0 bridgehead atoms. The number of imide groups is 1. The summed E-state index contributed by atoms with van der Waals surface area (Å²) in [6.45, 7) is 0.880. The first-order valence-corrected chi connectivity index (χ1v) is 9.09. The van der Waals surface area contributed by atoms with Gasteiger partial charge in [0.1, 0.15) is 23.7 Å². The van der Waals surface area contributed by atoms with Crippen LogP contribution in [0.5, 0.6) is 0 Å². The molecule has 2 aliphatic rings. The molecule has 1 unspecified atom stereocenters. The molecule has 0 aromatic heterocycles. The first-order chi connectivity index (χ1) is 12.7. The highest BCUT2D eigenvalue weighted by atomic mass is 19.1. The third kappa shape index (κ3) is 3.52. The molecule has 146 valence electrons. The van der Waals surface area contributed by atoms with Gasteiger partial charge in [-0.15, -0.1) is 0 Å². The molecule has 1 aliphatic heterocycles. The minimum Gasteiger partial charge on any atom is -0.341 e. The van der Waals surface area contributed by atoms with E-state index in [0.29, 0.717) is 0 Å². The summed E-state index contributed by atoms with van der Waals surface area (Å²) in [6, 6.07) is 2.02. The lowest BCUT2D eigenvalue weighted by molar-refractivity contribution is -0.139. The van der Waals surface area contributed by atoms with E-state index >= 15 is 0 Å². The fourth-order valence-electron chi connectivity index (χ4n) is 3.82. The molecule has 1 saturated carbocycles. The zero-order valence-electron chi connectivity index (χ0n) is 15.4. The summed E-state index contributed by atoms with van der Waals surface area (Å²) in [5, 5.41) is 2.40. The summed E-state index contributed by atoms with van der Waals surface area (Å²) >= 11 is 0. The van der Waals surface area contributed by atoms with E-state index in [-0.39, 0.29) is 17.5 Å². The first-order valence-electron chi connectivity index (χ1n) is 9.09. The molecule has 1 aromatic carbocycles. The fourth-order valence-corrected chi connectivity index (χ4v) is 3.82. The molecule has 4 amide bonds. The average Bonchev–Trinajstić information content (AvgIpc) is 2.87. The van der Waals surface area contributed by atoms with Crippen LogP contribution in [0.2, 0.25) is 0 Å². The second-order valence-corrected chi connectivity index (χ2v) is 7.37. The second-order valence-electron chi connectivity index (χ2n) is 7.37. The van der Waals surface area contributed by atoms with E-state index in [1.807, 2.05) is 0 Å². The molecule has 0 spiro atoms. The Morgan fingerprint density at radius 1 is 1.26 bits per heavy atom. The molecule has 1 atom stereocenters. The smallest absolute Gasteiger partial charge is 0.325 e. The molecule has 1 aliphatic carbocycles. The van der Waals surface area contributed by atoms with E-state index in [0.717, 1.165) is 55.2 Å². The summed E-state index contributed by atoms with van der Waals surface area (Å²) in [6.07, 6.45) is 5.02. The van der Waals surface area contributed by atoms with Crippen molar-refractivity contribution in [3.63, 3.8) is 0 Å². The van der Waals surface area contributed by atoms with Gasteiger partial charge in [-0.3, -0.25) is 14.5 Å². The number of carbonyl (C=O) groups excluding carboxylic acids is 3. The predicted molar refractivity (Wildman–Crippen MR) is 93.6 cm³/mol. The molecule has 1 aromatic rings. The second kappa shape index (κ2) is 7.25. The Bertz CT molecular complexity index is 779. The van der Waals surface area contributed by atoms with Crippen LogP contribution in [0.25, 0.3) is 0 Å². The van der Waals surface area contributed by atoms with Crippen molar-refractivity contribution in [3.8, 4) is 0 Å². The van der Waals surface area contributed by atoms with Crippen LogP contribution in [0.3, 0.4) is 0 Å². The van der Waals surface area contributed by atoms with E-state index in [4.69, 9.17) is 0 Å². The van der Waals surface area contributed by atoms with Gasteiger partial charge in [0, 0.05) is 18.7 Å². The zero-order valence-corrected chi connectivity index (χ0v) is 15.4. The third-order valence-electron chi connectivity index (χ3n) is 5.55. The van der Waals surface area contributed by atoms with Crippen molar-refractivity contribution >= 4 is 17.8 Å². The number of nitrogens with zero attached hydrogens (tertiary/aromatic N) is 2. The van der Waals surface area contributed by atoms with Gasteiger partial charge in [0.05, 0.1) is 0 Å². The molecular formula is C19H23F2N3O3. The van der Waals surface area contributed by atoms with Gasteiger partial charge in [-0.1, -0.05) is 19.3 Å². The number of nitrogens with one attached hydrogen (secondary N) is 1. The Hall–Kier alpha value is -2.51. The number of hydrogen-bond acceptors (Lipinski definition) is 3. The highest BCUT2D eigenvalue weighted by molar-refractivity contribution is 6.09. The van der Waals surface area contributed by atoms with Crippen molar-refractivity contribution in [3.05, 3.63) is 35.4 Å². The van der Waals surface area contributed by atoms with E-state index in [2.05, 4.69) is 5.32 Å². The maximum absolute atomic E-state index is 14.2. The summed E-state index contributed by atoms with van der Waals surface area (Å²) in [5.74, 6) is -2.65. The van der Waals surface area contributed by atoms with Crippen molar-refractivity contribution in [2.24, 2.45) is 0 Å². The molecule has 2 fully saturated rings. The minimum atomic E-state index is -1.76. The third-order valence-corrected chi connectivity index (χ3v) is 5.55. The van der Waals surface area contributed by atoms with Crippen LogP contribution in [0.4, 0.5) is 13.6 Å². The number of urea groups is 1. The van der Waals surface area contributed by atoms with E-state index in [1.165, 1.54) is 6.92 Å². The molecule has 0 radical (unpaired) electrons. The van der Waals surface area contributed by atoms with E-state index < -0.39 is 35.7 Å². The predicted octanol–water partition coefficient (Wildman–Crippen LogP) is 2.52. The largest absolute Gasteiger partial charge is 0.341 e. The van der Waals surface area contributed by atoms with Gasteiger partial charge in [-0.05, 0) is 38.0 Å².